The zero-order valence-corrected chi connectivity index (χ0v) is 63.4. The first-order valence-electron chi connectivity index (χ1n) is 34.4. The lowest BCUT2D eigenvalue weighted by Crippen LogP contribution is -2.48. The number of aryl methyl sites for hydroxylation is 6. The summed E-state index contributed by atoms with van der Waals surface area (Å²) in [6, 6.07) is 32.3. The molecule has 0 unspecified atom stereocenters. The number of ether oxygens (including phenoxy) is 5. The largest absolute Gasteiger partial charge is 0.497 e. The van der Waals surface area contributed by atoms with Gasteiger partial charge in [-0.3, -0.25) is 0 Å². The molecule has 536 valence electrons. The van der Waals surface area contributed by atoms with Crippen LogP contribution in [-0.2, 0) is 71.8 Å². The van der Waals surface area contributed by atoms with Crippen LogP contribution in [0.5, 0.6) is 23.0 Å². The third-order valence-electron chi connectivity index (χ3n) is 19.4. The van der Waals surface area contributed by atoms with Crippen molar-refractivity contribution >= 4 is 63.1 Å². The molecule has 0 saturated carbocycles. The van der Waals surface area contributed by atoms with Crippen LogP contribution in [0.4, 0.5) is 11.6 Å². The molecule has 21 nitrogen and oxygen atoms in total. The quantitative estimate of drug-likeness (QED) is 0.0397. The molecule has 4 aromatic carbocycles. The van der Waals surface area contributed by atoms with Crippen LogP contribution >= 0.6 is 23.5 Å². The fraction of sp³-hybridized carbons (Fsp3) is 0.461. The number of piperidine rings is 2. The Morgan fingerprint density at radius 1 is 0.574 bits per heavy atom. The van der Waals surface area contributed by atoms with E-state index in [2.05, 4.69) is 77.7 Å². The number of nitrogens with one attached hydrogen (secondary N) is 2. The maximum Gasteiger partial charge on any atom is 0.360 e. The van der Waals surface area contributed by atoms with E-state index in [0.717, 1.165) is 115 Å². The predicted molar refractivity (Wildman–Crippen MR) is 397 cm³/mol. The maximum atomic E-state index is 13.4. The van der Waals surface area contributed by atoms with Crippen molar-refractivity contribution < 1.29 is 42.0 Å². The molecule has 2 spiro atoms. The highest BCUT2D eigenvalue weighted by atomic mass is 32.2. The van der Waals surface area contributed by atoms with Gasteiger partial charge in [0.25, 0.3) is 0 Å². The second kappa shape index (κ2) is 32.3. The summed E-state index contributed by atoms with van der Waals surface area (Å²) in [7, 11) is 4.16. The van der Waals surface area contributed by atoms with Crippen molar-refractivity contribution in [3.63, 3.8) is 0 Å². The van der Waals surface area contributed by atoms with E-state index in [1.54, 1.807) is 47.8 Å². The van der Waals surface area contributed by atoms with Crippen LogP contribution in [0.15, 0.2) is 130 Å². The van der Waals surface area contributed by atoms with Crippen LogP contribution in [0.2, 0.25) is 0 Å². The van der Waals surface area contributed by atoms with E-state index in [0.29, 0.717) is 70.5 Å². The van der Waals surface area contributed by atoms with Crippen LogP contribution in [-0.4, -0.2) is 130 Å². The van der Waals surface area contributed by atoms with E-state index in [4.69, 9.17) is 53.6 Å². The molecule has 25 heteroatoms. The van der Waals surface area contributed by atoms with Crippen LogP contribution in [0.3, 0.4) is 0 Å². The number of methoxy groups -OCH3 is 4. The molecule has 4 atom stereocenters. The zero-order chi connectivity index (χ0) is 71.8. The first-order chi connectivity index (χ1) is 48.5. The Hall–Kier alpha value is -7.65. The lowest BCUT2D eigenvalue weighted by Gasteiger charge is -2.44. The molecular weight excluding hydrogens is 1350 g/mol. The number of anilines is 2. The molecular formula is C76H94N12O9S4. The van der Waals surface area contributed by atoms with Gasteiger partial charge in [-0.2, -0.15) is 0 Å². The Morgan fingerprint density at radius 2 is 1.01 bits per heavy atom. The summed E-state index contributed by atoms with van der Waals surface area (Å²) in [4.78, 5) is 56.2. The molecule has 2 aliphatic heterocycles. The van der Waals surface area contributed by atoms with Crippen molar-refractivity contribution in [1.82, 2.24) is 49.3 Å². The van der Waals surface area contributed by atoms with E-state index >= 15 is 0 Å². The number of carbonyl (C=O) groups excluding carboxylic acids is 1. The smallest absolute Gasteiger partial charge is 0.360 e. The molecule has 2 fully saturated rings. The van der Waals surface area contributed by atoms with Crippen molar-refractivity contribution in [2.75, 3.05) is 71.0 Å². The Morgan fingerprint density at radius 3 is 1.44 bits per heavy atom. The third kappa shape index (κ3) is 17.2. The van der Waals surface area contributed by atoms with Gasteiger partial charge in [-0.25, -0.2) is 62.5 Å². The van der Waals surface area contributed by atoms with Gasteiger partial charge in [0.2, 0.25) is 0 Å². The monoisotopic (exact) mass is 1450 g/mol. The van der Waals surface area contributed by atoms with Gasteiger partial charge in [0, 0.05) is 63.5 Å². The minimum atomic E-state index is -1.22. The van der Waals surface area contributed by atoms with E-state index in [1.807, 2.05) is 104 Å². The van der Waals surface area contributed by atoms with Crippen molar-refractivity contribution in [3.05, 3.63) is 177 Å². The predicted octanol–water partition coefficient (Wildman–Crippen LogP) is 12.6. The molecule has 0 bridgehead atoms. The van der Waals surface area contributed by atoms with Gasteiger partial charge in [0.05, 0.1) is 96.6 Å². The van der Waals surface area contributed by atoms with Gasteiger partial charge in [-0.1, -0.05) is 60.7 Å². The second-order valence-electron chi connectivity index (χ2n) is 28.0. The summed E-state index contributed by atoms with van der Waals surface area (Å²) < 4.78 is 60.3. The zero-order valence-electron chi connectivity index (χ0n) is 60.2. The standard InChI is InChI=1S/C39H48N6O5S2.C37H46N6O4S2/c1-8-50-37(46)33-35(45-21-18-39(19-22-45)24-27-11-9-10-12-29(27)34(39)44-52(47)38(3,4)5)41-25(2)36(43-33)51-32-17-20-40-31(42-32)16-14-26-13-15-28(48-6)23-30(26)49-7;1-24-35(48-32-15-18-38-31(41-32)14-12-25-11-13-27(46-5)21-30(25)47-6)40-29(23-44)34(39-24)43-19-16-37(17-20-43)22-26-9-7-8-10-28(26)33(37)42-49(45)36(2,3)4/h9-13,15,17,20,23,34,44H,8,14,16,18-19,21-22,24H2,1-7H3;7-11,13,15,18,21,33,42,44H,12,14,16-17,19-20,22-23H2,1-6H3/t34-,52+;33-,49+/m11/s1. The van der Waals surface area contributed by atoms with Gasteiger partial charge >= 0.3 is 5.97 Å². The molecule has 2 aliphatic carbocycles. The number of rotatable bonds is 23. The summed E-state index contributed by atoms with van der Waals surface area (Å²) in [6.45, 7) is 20.6. The topological polar surface area (TPSA) is 251 Å². The SMILES string of the molecule is CCOC(=O)c1nc(Sc2ccnc(CCc3ccc(OC)cc3OC)n2)c(C)nc1N1CCC2(CC1)Cc1ccccc1[C@H]2N[S@@](=O)C(C)(C)C.COc1ccc(CCc2nccc(Sc3nc(CO)c(N4CCC5(CC4)Cc4ccccc4[C@H]5N[S@@](=O)C(C)(C)C)nc3C)n2)c(OC)c1. The number of hydrogen-bond acceptors (Lipinski definition) is 21. The molecule has 12 rings (SSSR count). The average Bonchev–Trinajstić information content (AvgIpc) is 1.61. The van der Waals surface area contributed by atoms with Crippen molar-refractivity contribution in [2.24, 2.45) is 10.8 Å². The number of aliphatic hydroxyl groups is 1. The minimum Gasteiger partial charge on any atom is -0.497 e. The van der Waals surface area contributed by atoms with Gasteiger partial charge in [-0.15, -0.1) is 0 Å². The molecule has 4 aliphatic rings. The first kappa shape index (κ1) is 74.5. The number of nitrogens with zero attached hydrogens (tertiary/aromatic N) is 10. The van der Waals surface area contributed by atoms with Gasteiger partial charge in [0.1, 0.15) is 60.4 Å². The van der Waals surface area contributed by atoms with E-state index in [1.165, 1.54) is 45.8 Å². The average molecular weight is 1450 g/mol. The molecule has 8 aromatic rings. The lowest BCUT2D eigenvalue weighted by atomic mass is 9.73. The van der Waals surface area contributed by atoms with Crippen molar-refractivity contribution in [1.29, 1.82) is 0 Å². The Bertz CT molecular complexity index is 4310. The molecule has 0 radical (unpaired) electrons. The number of benzene rings is 4. The highest BCUT2D eigenvalue weighted by Crippen LogP contribution is 2.55. The summed E-state index contributed by atoms with van der Waals surface area (Å²) in [5, 5.41) is 13.2. The van der Waals surface area contributed by atoms with E-state index in [-0.39, 0.29) is 51.3 Å². The number of aliphatic hydroxyl groups excluding tert-OH is 1. The van der Waals surface area contributed by atoms with Crippen LogP contribution in [0, 0.1) is 24.7 Å². The van der Waals surface area contributed by atoms with Crippen molar-refractivity contribution in [2.45, 2.75) is 175 Å². The first-order valence-corrected chi connectivity index (χ1v) is 38.4. The maximum absolute atomic E-state index is 13.4. The van der Waals surface area contributed by atoms with E-state index in [9.17, 15) is 18.3 Å². The molecule has 2 saturated heterocycles. The van der Waals surface area contributed by atoms with E-state index < -0.39 is 27.9 Å². The minimum absolute atomic E-state index is 0.0193. The molecule has 6 heterocycles. The Kier molecular flexibility index (Phi) is 23.9. The summed E-state index contributed by atoms with van der Waals surface area (Å²) in [6.07, 6.45) is 11.5. The number of esters is 1. The second-order valence-corrected chi connectivity index (χ2v) is 34.1. The van der Waals surface area contributed by atoms with Gasteiger partial charge in [-0.05, 0) is 206 Å². The van der Waals surface area contributed by atoms with Gasteiger partial charge < -0.3 is 38.6 Å². The molecule has 0 amide bonds. The lowest BCUT2D eigenvalue weighted by molar-refractivity contribution is 0.0518. The van der Waals surface area contributed by atoms with Crippen molar-refractivity contribution in [3.8, 4) is 23.0 Å². The molecule has 4 aromatic heterocycles. The Balaban J connectivity index is 0.000000204. The molecule has 3 N–H and O–H groups in total. The number of aromatic nitrogens is 8. The molecule has 101 heavy (non-hydrogen) atoms. The number of fused-ring (bicyclic) bond motifs is 2. The van der Waals surface area contributed by atoms with Crippen LogP contribution in [0.25, 0.3) is 0 Å². The Labute approximate surface area is 607 Å². The normalized spacial score (nSPS) is 17.4. The number of hydrogen-bond donors (Lipinski definition) is 3. The highest BCUT2D eigenvalue weighted by Gasteiger charge is 2.51. The number of carbonyl (C=O) groups is 1. The third-order valence-corrected chi connectivity index (χ3v) is 24.6. The summed E-state index contributed by atoms with van der Waals surface area (Å²) in [5.41, 5.74) is 9.32. The summed E-state index contributed by atoms with van der Waals surface area (Å²) in [5.74, 6) is 5.19. The highest BCUT2D eigenvalue weighted by molar-refractivity contribution is 7.99. The fourth-order valence-electron chi connectivity index (χ4n) is 13.8. The fourth-order valence-corrected chi connectivity index (χ4v) is 17.4. The van der Waals surface area contributed by atoms with Crippen LogP contribution in [0.1, 0.15) is 159 Å². The van der Waals surface area contributed by atoms with Crippen LogP contribution < -0.4 is 38.2 Å². The summed E-state index contributed by atoms with van der Waals surface area (Å²) >= 11 is 2.79. The van der Waals surface area contributed by atoms with Gasteiger partial charge in [0.15, 0.2) is 17.3 Å².